The van der Waals surface area contributed by atoms with E-state index in [-0.39, 0.29) is 12.2 Å². The molecule has 0 saturated carbocycles. The molecular formula is C19H16F4N4O3. The fourth-order valence-electron chi connectivity index (χ4n) is 2.83. The van der Waals surface area contributed by atoms with Gasteiger partial charge in [-0.2, -0.15) is 13.2 Å². The molecule has 0 bridgehead atoms. The number of carbonyl (C=O) groups is 1. The average molecular weight is 424 g/mol. The zero-order chi connectivity index (χ0) is 21.9. The third-order valence-corrected chi connectivity index (χ3v) is 4.13. The Balaban J connectivity index is 1.92. The minimum Gasteiger partial charge on any atom is -0.493 e. The molecule has 0 aliphatic carbocycles. The van der Waals surface area contributed by atoms with E-state index >= 15 is 0 Å². The first kappa shape index (κ1) is 21.1. The first-order valence-electron chi connectivity index (χ1n) is 8.53. The number of methoxy groups -OCH3 is 2. The fraction of sp³-hybridized carbons (Fsp3) is 0.211. The SMILES string of the molecule is COc1cccc(CNC(=O)c2nnn(-c3cccc(F)c3)c2C(F)(F)F)c1OC. The highest BCUT2D eigenvalue weighted by atomic mass is 19.4. The largest absolute Gasteiger partial charge is 0.493 e. The molecule has 1 N–H and O–H groups in total. The van der Waals surface area contributed by atoms with Crippen LogP contribution in [-0.2, 0) is 12.7 Å². The standard InChI is InChI=1S/C19H16F4N4O3/c1-29-14-8-3-5-11(16(14)30-2)10-24-18(28)15-17(19(21,22)23)27(26-25-15)13-7-4-6-12(20)9-13/h3-9H,10H2,1-2H3,(H,24,28). The minimum absolute atomic E-state index is 0.149. The summed E-state index contributed by atoms with van der Waals surface area (Å²) in [4.78, 5) is 12.5. The highest BCUT2D eigenvalue weighted by Gasteiger charge is 2.42. The van der Waals surface area contributed by atoms with E-state index in [1.807, 2.05) is 0 Å². The van der Waals surface area contributed by atoms with Crippen molar-refractivity contribution in [3.8, 4) is 17.2 Å². The normalized spacial score (nSPS) is 11.3. The monoisotopic (exact) mass is 424 g/mol. The Morgan fingerprint density at radius 3 is 2.50 bits per heavy atom. The Kier molecular flexibility index (Phi) is 5.90. The minimum atomic E-state index is -4.96. The van der Waals surface area contributed by atoms with E-state index in [9.17, 15) is 22.4 Å². The zero-order valence-electron chi connectivity index (χ0n) is 15.8. The van der Waals surface area contributed by atoms with Gasteiger partial charge in [0.1, 0.15) is 5.82 Å². The summed E-state index contributed by atoms with van der Waals surface area (Å²) in [6.45, 7) is -0.149. The van der Waals surface area contributed by atoms with Gasteiger partial charge in [0.2, 0.25) is 0 Å². The van der Waals surface area contributed by atoms with Crippen LogP contribution in [0.3, 0.4) is 0 Å². The zero-order valence-corrected chi connectivity index (χ0v) is 15.8. The second-order valence-electron chi connectivity index (χ2n) is 6.01. The van der Waals surface area contributed by atoms with Crippen molar-refractivity contribution in [1.82, 2.24) is 20.3 Å². The number of amides is 1. The Hall–Kier alpha value is -3.63. The van der Waals surface area contributed by atoms with Crippen LogP contribution < -0.4 is 14.8 Å². The number of hydrogen-bond donors (Lipinski definition) is 1. The van der Waals surface area contributed by atoms with Crippen LogP contribution in [0.2, 0.25) is 0 Å². The number of halogens is 4. The molecule has 1 amide bonds. The maximum absolute atomic E-state index is 13.7. The van der Waals surface area contributed by atoms with Gasteiger partial charge in [-0.15, -0.1) is 5.10 Å². The fourth-order valence-corrected chi connectivity index (χ4v) is 2.83. The van der Waals surface area contributed by atoms with Crippen molar-refractivity contribution in [2.45, 2.75) is 12.7 Å². The van der Waals surface area contributed by atoms with Crippen molar-refractivity contribution < 1.29 is 31.8 Å². The van der Waals surface area contributed by atoms with Crippen LogP contribution in [0.4, 0.5) is 17.6 Å². The summed E-state index contributed by atoms with van der Waals surface area (Å²) in [5.41, 5.74) is -2.09. The first-order chi connectivity index (χ1) is 14.3. The third kappa shape index (κ3) is 4.19. The van der Waals surface area contributed by atoms with Gasteiger partial charge in [-0.3, -0.25) is 4.79 Å². The first-order valence-corrected chi connectivity index (χ1v) is 8.53. The van der Waals surface area contributed by atoms with Crippen LogP contribution in [0.1, 0.15) is 21.7 Å². The molecule has 1 aromatic heterocycles. The van der Waals surface area contributed by atoms with E-state index in [0.29, 0.717) is 21.7 Å². The molecule has 158 valence electrons. The summed E-state index contributed by atoms with van der Waals surface area (Å²) in [5.74, 6) is -1.13. The van der Waals surface area contributed by atoms with Gasteiger partial charge < -0.3 is 14.8 Å². The molecule has 3 rings (SSSR count). The molecule has 3 aromatic rings. The summed E-state index contributed by atoms with van der Waals surface area (Å²) in [5, 5.41) is 9.15. The summed E-state index contributed by atoms with van der Waals surface area (Å²) < 4.78 is 65.2. The van der Waals surface area contributed by atoms with E-state index in [0.717, 1.165) is 12.1 Å². The lowest BCUT2D eigenvalue weighted by Crippen LogP contribution is -2.27. The number of benzene rings is 2. The predicted molar refractivity (Wildman–Crippen MR) is 97.0 cm³/mol. The Bertz CT molecular complexity index is 1070. The molecule has 7 nitrogen and oxygen atoms in total. The summed E-state index contributed by atoms with van der Waals surface area (Å²) in [6, 6.07) is 9.27. The predicted octanol–water partition coefficient (Wildman–Crippen LogP) is 3.37. The van der Waals surface area contributed by atoms with Crippen molar-refractivity contribution in [3.63, 3.8) is 0 Å². The van der Waals surface area contributed by atoms with E-state index in [1.54, 1.807) is 18.2 Å². The molecule has 0 unspecified atom stereocenters. The smallest absolute Gasteiger partial charge is 0.435 e. The van der Waals surface area contributed by atoms with Crippen LogP contribution in [-0.4, -0.2) is 35.1 Å². The number of para-hydroxylation sites is 1. The Morgan fingerprint density at radius 2 is 1.87 bits per heavy atom. The lowest BCUT2D eigenvalue weighted by molar-refractivity contribution is -0.143. The number of carbonyl (C=O) groups excluding carboxylic acids is 1. The van der Waals surface area contributed by atoms with E-state index in [1.165, 1.54) is 26.4 Å². The molecule has 0 aliphatic rings. The average Bonchev–Trinajstić information content (AvgIpc) is 3.17. The number of aromatic nitrogens is 3. The quantitative estimate of drug-likeness (QED) is 0.614. The number of nitrogens with zero attached hydrogens (tertiary/aromatic N) is 3. The van der Waals surface area contributed by atoms with E-state index < -0.39 is 29.3 Å². The third-order valence-electron chi connectivity index (χ3n) is 4.13. The second-order valence-corrected chi connectivity index (χ2v) is 6.01. The van der Waals surface area contributed by atoms with Gasteiger partial charge in [-0.25, -0.2) is 9.07 Å². The molecule has 0 radical (unpaired) electrons. The molecule has 0 aliphatic heterocycles. The number of alkyl halides is 3. The van der Waals surface area contributed by atoms with Crippen molar-refractivity contribution in [2.75, 3.05) is 14.2 Å². The van der Waals surface area contributed by atoms with Gasteiger partial charge in [-0.05, 0) is 24.3 Å². The molecule has 1 heterocycles. The van der Waals surface area contributed by atoms with Gasteiger partial charge in [0.15, 0.2) is 22.9 Å². The number of rotatable bonds is 6. The molecule has 0 saturated heterocycles. The van der Waals surface area contributed by atoms with Crippen molar-refractivity contribution in [3.05, 3.63) is 65.2 Å². The van der Waals surface area contributed by atoms with Gasteiger partial charge >= 0.3 is 6.18 Å². The molecule has 0 atom stereocenters. The van der Waals surface area contributed by atoms with Crippen LogP contribution in [0.25, 0.3) is 5.69 Å². The highest BCUT2D eigenvalue weighted by molar-refractivity contribution is 5.93. The Labute approximate surface area is 168 Å². The van der Waals surface area contributed by atoms with Crippen LogP contribution in [0, 0.1) is 5.82 Å². The number of ether oxygens (including phenoxy) is 2. The van der Waals surface area contributed by atoms with E-state index in [2.05, 4.69) is 15.6 Å². The molecular weight excluding hydrogens is 408 g/mol. The van der Waals surface area contributed by atoms with Crippen LogP contribution >= 0.6 is 0 Å². The molecule has 11 heteroatoms. The van der Waals surface area contributed by atoms with Crippen molar-refractivity contribution in [1.29, 1.82) is 0 Å². The summed E-state index contributed by atoms with van der Waals surface area (Å²) in [7, 11) is 2.83. The topological polar surface area (TPSA) is 78.3 Å². The van der Waals surface area contributed by atoms with Crippen LogP contribution in [0.5, 0.6) is 11.5 Å². The maximum atomic E-state index is 13.7. The van der Waals surface area contributed by atoms with Crippen LogP contribution in [0.15, 0.2) is 42.5 Å². The number of hydrogen-bond acceptors (Lipinski definition) is 5. The highest BCUT2D eigenvalue weighted by Crippen LogP contribution is 2.33. The van der Waals surface area contributed by atoms with Gasteiger partial charge in [0.05, 0.1) is 19.9 Å². The second kappa shape index (κ2) is 8.39. The van der Waals surface area contributed by atoms with Gasteiger partial charge in [0, 0.05) is 12.1 Å². The molecule has 0 spiro atoms. The van der Waals surface area contributed by atoms with Gasteiger partial charge in [-0.1, -0.05) is 23.4 Å². The lowest BCUT2D eigenvalue weighted by atomic mass is 10.1. The van der Waals surface area contributed by atoms with Crippen molar-refractivity contribution in [2.24, 2.45) is 0 Å². The van der Waals surface area contributed by atoms with E-state index in [4.69, 9.17) is 9.47 Å². The lowest BCUT2D eigenvalue weighted by Gasteiger charge is -2.14. The molecule has 2 aromatic carbocycles. The van der Waals surface area contributed by atoms with Crippen molar-refractivity contribution >= 4 is 5.91 Å². The number of nitrogens with one attached hydrogen (secondary N) is 1. The summed E-state index contributed by atoms with van der Waals surface area (Å²) in [6.07, 6.45) is -4.96. The molecule has 0 fully saturated rings. The summed E-state index contributed by atoms with van der Waals surface area (Å²) >= 11 is 0. The van der Waals surface area contributed by atoms with Gasteiger partial charge in [0.25, 0.3) is 5.91 Å². The molecule has 30 heavy (non-hydrogen) atoms. The Morgan fingerprint density at radius 1 is 1.13 bits per heavy atom. The maximum Gasteiger partial charge on any atom is 0.435 e.